The Kier molecular flexibility index (Phi) is 5.45. The van der Waals surface area contributed by atoms with Crippen LogP contribution < -0.4 is 0 Å². The second-order valence-corrected chi connectivity index (χ2v) is 4.17. The van der Waals surface area contributed by atoms with Crippen molar-refractivity contribution in [2.75, 3.05) is 0 Å². The molecule has 0 aliphatic rings. The lowest BCUT2D eigenvalue weighted by Crippen LogP contribution is -2.10. The van der Waals surface area contributed by atoms with E-state index in [9.17, 15) is 0 Å². The average Bonchev–Trinajstić information content (AvgIpc) is 2.04. The third-order valence-corrected chi connectivity index (χ3v) is 2.37. The molecule has 0 radical (unpaired) electrons. The van der Waals surface area contributed by atoms with Crippen molar-refractivity contribution in [3.05, 3.63) is 37.0 Å². The summed E-state index contributed by atoms with van der Waals surface area (Å²) in [6.45, 7) is 14.2. The molecule has 1 unspecified atom stereocenters. The largest absolute Gasteiger partial charge is 0.103 e. The van der Waals surface area contributed by atoms with Gasteiger partial charge >= 0.3 is 0 Å². The minimum atomic E-state index is 0.230. The molecule has 0 saturated heterocycles. The molecule has 0 aromatic rings. The number of hydrogen-bond acceptors (Lipinski definition) is 0. The molecule has 0 N–H and O–H groups in total. The van der Waals surface area contributed by atoms with Gasteiger partial charge in [-0.15, -0.1) is 13.2 Å². The van der Waals surface area contributed by atoms with Crippen molar-refractivity contribution in [1.82, 2.24) is 0 Å². The van der Waals surface area contributed by atoms with E-state index in [1.807, 2.05) is 12.2 Å². The molecule has 0 bridgehead atoms. The van der Waals surface area contributed by atoms with Crippen molar-refractivity contribution >= 4 is 0 Å². The second-order valence-electron chi connectivity index (χ2n) is 4.17. The first-order chi connectivity index (χ1) is 6.04. The quantitative estimate of drug-likeness (QED) is 0.525. The fourth-order valence-corrected chi connectivity index (χ4v) is 1.31. The van der Waals surface area contributed by atoms with E-state index in [0.29, 0.717) is 0 Å². The molecule has 0 fully saturated rings. The highest BCUT2D eigenvalue weighted by atomic mass is 14.2. The maximum absolute atomic E-state index is 3.88. The van der Waals surface area contributed by atoms with Crippen LogP contribution in [0.15, 0.2) is 37.0 Å². The molecule has 0 spiro atoms. The monoisotopic (exact) mass is 178 g/mol. The van der Waals surface area contributed by atoms with Crippen molar-refractivity contribution < 1.29 is 0 Å². The molecule has 0 saturated carbocycles. The normalized spacial score (nSPS) is 14.4. The molecule has 0 aromatic heterocycles. The van der Waals surface area contributed by atoms with Gasteiger partial charge < -0.3 is 0 Å². The highest BCUT2D eigenvalue weighted by Crippen LogP contribution is 2.29. The Morgan fingerprint density at radius 3 is 2.31 bits per heavy atom. The summed E-state index contributed by atoms with van der Waals surface area (Å²) in [6.07, 6.45) is 9.63. The number of allylic oxidation sites excluding steroid dienone is 4. The Bertz CT molecular complexity index is 194. The van der Waals surface area contributed by atoms with Gasteiger partial charge in [-0.1, -0.05) is 30.7 Å². The van der Waals surface area contributed by atoms with Gasteiger partial charge in [0.05, 0.1) is 0 Å². The lowest BCUT2D eigenvalue weighted by molar-refractivity contribution is 0.401. The van der Waals surface area contributed by atoms with Crippen LogP contribution in [0.2, 0.25) is 0 Å². The minimum Gasteiger partial charge on any atom is -0.103 e. The SMILES string of the molecule is C=CCC(C)(C=C)CCC=C(C)C. The molecule has 13 heavy (non-hydrogen) atoms. The maximum Gasteiger partial charge on any atom is -0.0112 e. The van der Waals surface area contributed by atoms with Gasteiger partial charge in [-0.05, 0) is 38.5 Å². The first-order valence-electron chi connectivity index (χ1n) is 4.92. The van der Waals surface area contributed by atoms with E-state index >= 15 is 0 Å². The van der Waals surface area contributed by atoms with Gasteiger partial charge in [0.2, 0.25) is 0 Å². The molecule has 0 aliphatic heterocycles. The Morgan fingerprint density at radius 2 is 1.92 bits per heavy atom. The van der Waals surface area contributed by atoms with Gasteiger partial charge in [-0.25, -0.2) is 0 Å². The van der Waals surface area contributed by atoms with E-state index in [4.69, 9.17) is 0 Å². The van der Waals surface area contributed by atoms with Crippen molar-refractivity contribution in [1.29, 1.82) is 0 Å². The van der Waals surface area contributed by atoms with Crippen molar-refractivity contribution in [2.45, 2.75) is 40.0 Å². The number of rotatable bonds is 6. The van der Waals surface area contributed by atoms with Crippen LogP contribution in [0.25, 0.3) is 0 Å². The molecule has 0 rings (SSSR count). The van der Waals surface area contributed by atoms with Crippen LogP contribution in [0.5, 0.6) is 0 Å². The molecule has 0 amide bonds. The molecule has 0 aromatic carbocycles. The van der Waals surface area contributed by atoms with Crippen molar-refractivity contribution in [3.8, 4) is 0 Å². The molecule has 0 heterocycles. The Balaban J connectivity index is 4.04. The first-order valence-corrected chi connectivity index (χ1v) is 4.92. The summed E-state index contributed by atoms with van der Waals surface area (Å²) in [5.74, 6) is 0. The fraction of sp³-hybridized carbons (Fsp3) is 0.538. The van der Waals surface area contributed by atoms with E-state index in [-0.39, 0.29) is 5.41 Å². The Morgan fingerprint density at radius 1 is 1.31 bits per heavy atom. The Labute approximate surface area is 83.0 Å². The van der Waals surface area contributed by atoms with Crippen molar-refractivity contribution in [2.24, 2.45) is 5.41 Å². The van der Waals surface area contributed by atoms with Gasteiger partial charge in [0, 0.05) is 0 Å². The van der Waals surface area contributed by atoms with E-state index < -0.39 is 0 Å². The van der Waals surface area contributed by atoms with Crippen LogP contribution in [-0.2, 0) is 0 Å². The molecular formula is C13H22. The zero-order valence-electron chi connectivity index (χ0n) is 9.27. The van der Waals surface area contributed by atoms with Crippen LogP contribution in [-0.4, -0.2) is 0 Å². The third kappa shape index (κ3) is 5.46. The summed E-state index contributed by atoms with van der Waals surface area (Å²) in [6, 6.07) is 0. The Hall–Kier alpha value is -0.780. The second kappa shape index (κ2) is 5.80. The molecule has 74 valence electrons. The topological polar surface area (TPSA) is 0 Å². The van der Waals surface area contributed by atoms with Crippen LogP contribution in [0, 0.1) is 5.41 Å². The lowest BCUT2D eigenvalue weighted by atomic mass is 9.82. The highest BCUT2D eigenvalue weighted by molar-refractivity contribution is 4.99. The van der Waals surface area contributed by atoms with Crippen molar-refractivity contribution in [3.63, 3.8) is 0 Å². The molecular weight excluding hydrogens is 156 g/mol. The molecule has 1 atom stereocenters. The predicted octanol–water partition coefficient (Wildman–Crippen LogP) is 4.50. The summed E-state index contributed by atoms with van der Waals surface area (Å²) >= 11 is 0. The standard InChI is InChI=1S/C13H22/c1-6-10-13(5,7-2)11-8-9-12(3)4/h6-7,9H,1-2,8,10-11H2,3-5H3. The van der Waals surface area contributed by atoms with E-state index in [0.717, 1.165) is 19.3 Å². The average molecular weight is 178 g/mol. The molecule has 0 nitrogen and oxygen atoms in total. The summed E-state index contributed by atoms with van der Waals surface area (Å²) in [4.78, 5) is 0. The van der Waals surface area contributed by atoms with E-state index in [1.54, 1.807) is 0 Å². The van der Waals surface area contributed by atoms with Gasteiger partial charge in [0.25, 0.3) is 0 Å². The van der Waals surface area contributed by atoms with E-state index in [1.165, 1.54) is 5.57 Å². The zero-order valence-corrected chi connectivity index (χ0v) is 9.27. The summed E-state index contributed by atoms with van der Waals surface area (Å²) < 4.78 is 0. The summed E-state index contributed by atoms with van der Waals surface area (Å²) in [5, 5.41) is 0. The lowest BCUT2D eigenvalue weighted by Gasteiger charge is -2.23. The fourth-order valence-electron chi connectivity index (χ4n) is 1.31. The van der Waals surface area contributed by atoms with Crippen LogP contribution >= 0.6 is 0 Å². The van der Waals surface area contributed by atoms with Crippen LogP contribution in [0.4, 0.5) is 0 Å². The smallest absolute Gasteiger partial charge is 0.0112 e. The van der Waals surface area contributed by atoms with Crippen LogP contribution in [0.3, 0.4) is 0 Å². The first kappa shape index (κ1) is 12.2. The van der Waals surface area contributed by atoms with E-state index in [2.05, 4.69) is 40.0 Å². The maximum atomic E-state index is 3.88. The molecule has 0 heteroatoms. The molecule has 0 aliphatic carbocycles. The third-order valence-electron chi connectivity index (χ3n) is 2.37. The zero-order chi connectivity index (χ0) is 10.3. The summed E-state index contributed by atoms with van der Waals surface area (Å²) in [5.41, 5.74) is 1.62. The minimum absolute atomic E-state index is 0.230. The highest BCUT2D eigenvalue weighted by Gasteiger charge is 2.16. The van der Waals surface area contributed by atoms with Crippen LogP contribution in [0.1, 0.15) is 40.0 Å². The van der Waals surface area contributed by atoms with Gasteiger partial charge in [0.15, 0.2) is 0 Å². The predicted molar refractivity (Wildman–Crippen MR) is 61.8 cm³/mol. The van der Waals surface area contributed by atoms with Gasteiger partial charge in [-0.2, -0.15) is 0 Å². The summed E-state index contributed by atoms with van der Waals surface area (Å²) in [7, 11) is 0. The van der Waals surface area contributed by atoms with Gasteiger partial charge in [0.1, 0.15) is 0 Å². The van der Waals surface area contributed by atoms with Gasteiger partial charge in [-0.3, -0.25) is 0 Å². The number of hydrogen-bond donors (Lipinski definition) is 0.